The van der Waals surface area contributed by atoms with E-state index in [1.807, 2.05) is 0 Å². The van der Waals surface area contributed by atoms with E-state index in [1.165, 1.54) is 20.2 Å². The molecule has 8 nitrogen and oxygen atoms in total. The first-order chi connectivity index (χ1) is 8.81. The van der Waals surface area contributed by atoms with Gasteiger partial charge in [-0.1, -0.05) is 6.92 Å². The number of rotatable bonds is 5. The molecular formula is C10H16N4O4S. The van der Waals surface area contributed by atoms with Crippen LogP contribution in [0, 0.1) is 6.92 Å². The molecule has 0 bridgehead atoms. The Morgan fingerprint density at radius 1 is 1.53 bits per heavy atom. The summed E-state index contributed by atoms with van der Waals surface area (Å²) in [7, 11) is -3.00. The molecule has 106 valence electrons. The summed E-state index contributed by atoms with van der Waals surface area (Å²) in [5.41, 5.74) is 5.93. The third-order valence-electron chi connectivity index (χ3n) is 2.30. The molecule has 2 N–H and O–H groups in total. The second-order valence-corrected chi connectivity index (χ2v) is 5.27. The number of nitrogens with two attached hydrogens (primary N) is 1. The summed E-state index contributed by atoms with van der Waals surface area (Å²) in [6.45, 7) is 3.18. The SMILES string of the molecule is CCC(=O)OS(=O)(=O)N(C)c1nc(C)ncc1CN. The number of nitrogens with zero attached hydrogens (tertiary/aromatic N) is 3. The monoisotopic (exact) mass is 288 g/mol. The Morgan fingerprint density at radius 2 is 2.16 bits per heavy atom. The Kier molecular flexibility index (Phi) is 4.78. The average Bonchev–Trinajstić information content (AvgIpc) is 2.37. The molecule has 0 fully saturated rings. The Labute approximate surface area is 111 Å². The lowest BCUT2D eigenvalue weighted by atomic mass is 10.3. The molecule has 0 saturated heterocycles. The van der Waals surface area contributed by atoms with Crippen LogP contribution in [0.4, 0.5) is 5.82 Å². The van der Waals surface area contributed by atoms with Crippen LogP contribution in [0.25, 0.3) is 0 Å². The molecule has 0 unspecified atom stereocenters. The minimum atomic E-state index is -4.24. The fourth-order valence-corrected chi connectivity index (χ4v) is 2.07. The topological polar surface area (TPSA) is 115 Å². The maximum atomic E-state index is 11.9. The molecule has 0 aliphatic heterocycles. The minimum absolute atomic E-state index is 0.0420. The lowest BCUT2D eigenvalue weighted by Crippen LogP contribution is -2.32. The maximum absolute atomic E-state index is 11.9. The Bertz CT molecular complexity index is 573. The molecule has 0 aliphatic rings. The van der Waals surface area contributed by atoms with Crippen LogP contribution in [0.5, 0.6) is 0 Å². The lowest BCUT2D eigenvalue weighted by molar-refractivity contribution is -0.133. The zero-order valence-electron chi connectivity index (χ0n) is 11.0. The summed E-state index contributed by atoms with van der Waals surface area (Å²) in [5, 5.41) is 0. The van der Waals surface area contributed by atoms with Crippen LogP contribution in [-0.2, 0) is 25.8 Å². The number of aryl methyl sites for hydroxylation is 1. The number of hydrogen-bond acceptors (Lipinski definition) is 7. The van der Waals surface area contributed by atoms with Gasteiger partial charge in [0.2, 0.25) is 0 Å². The molecule has 0 aliphatic carbocycles. The largest absolute Gasteiger partial charge is 0.413 e. The Morgan fingerprint density at radius 3 is 2.68 bits per heavy atom. The quantitative estimate of drug-likeness (QED) is 0.802. The fourth-order valence-electron chi connectivity index (χ4n) is 1.24. The van der Waals surface area contributed by atoms with Crippen molar-refractivity contribution in [3.05, 3.63) is 17.6 Å². The zero-order chi connectivity index (χ0) is 14.6. The highest BCUT2D eigenvalue weighted by Crippen LogP contribution is 2.19. The van der Waals surface area contributed by atoms with Crippen molar-refractivity contribution in [2.75, 3.05) is 11.4 Å². The summed E-state index contributed by atoms with van der Waals surface area (Å²) in [6.07, 6.45) is 1.39. The molecule has 0 atom stereocenters. The van der Waals surface area contributed by atoms with Gasteiger partial charge in [0.05, 0.1) is 0 Å². The van der Waals surface area contributed by atoms with Gasteiger partial charge in [-0.3, -0.25) is 4.79 Å². The maximum Gasteiger partial charge on any atom is 0.413 e. The highest BCUT2D eigenvalue weighted by Gasteiger charge is 2.26. The van der Waals surface area contributed by atoms with E-state index in [-0.39, 0.29) is 18.8 Å². The number of hydrogen-bond donors (Lipinski definition) is 1. The van der Waals surface area contributed by atoms with Crippen molar-refractivity contribution < 1.29 is 17.4 Å². The second-order valence-electron chi connectivity index (χ2n) is 3.70. The second kappa shape index (κ2) is 5.93. The van der Waals surface area contributed by atoms with Crippen LogP contribution >= 0.6 is 0 Å². The van der Waals surface area contributed by atoms with Crippen LogP contribution in [0.15, 0.2) is 6.20 Å². The predicted octanol–water partition coefficient (Wildman–Crippen LogP) is -0.122. The van der Waals surface area contributed by atoms with Crippen LogP contribution in [0.2, 0.25) is 0 Å². The lowest BCUT2D eigenvalue weighted by Gasteiger charge is -2.19. The number of anilines is 1. The standard InChI is InChI=1S/C10H16N4O4S/c1-4-9(15)18-19(16,17)14(3)10-8(5-11)6-12-7(2)13-10/h6H,4-5,11H2,1-3H3. The van der Waals surface area contributed by atoms with E-state index >= 15 is 0 Å². The van der Waals surface area contributed by atoms with Gasteiger partial charge in [0.25, 0.3) is 0 Å². The number of carbonyl (C=O) groups excluding carboxylic acids is 1. The third-order valence-corrected chi connectivity index (χ3v) is 3.54. The molecule has 0 saturated carbocycles. The molecule has 19 heavy (non-hydrogen) atoms. The normalized spacial score (nSPS) is 11.2. The van der Waals surface area contributed by atoms with Crippen molar-refractivity contribution in [1.29, 1.82) is 0 Å². The smallest absolute Gasteiger partial charge is 0.330 e. The summed E-state index contributed by atoms with van der Waals surface area (Å²) < 4.78 is 28.9. The van der Waals surface area contributed by atoms with Crippen LogP contribution in [0.1, 0.15) is 24.7 Å². The van der Waals surface area contributed by atoms with Crippen molar-refractivity contribution >= 4 is 22.1 Å². The molecule has 9 heteroatoms. The molecule has 1 heterocycles. The third kappa shape index (κ3) is 3.61. The highest BCUT2D eigenvalue weighted by atomic mass is 32.2. The van der Waals surface area contributed by atoms with Gasteiger partial charge < -0.3 is 9.92 Å². The van der Waals surface area contributed by atoms with Crippen LogP contribution in [0.3, 0.4) is 0 Å². The van der Waals surface area contributed by atoms with Crippen molar-refractivity contribution in [1.82, 2.24) is 9.97 Å². The molecule has 0 amide bonds. The van der Waals surface area contributed by atoms with Gasteiger partial charge in [0.15, 0.2) is 5.82 Å². The number of carbonyl (C=O) groups is 1. The molecule has 1 rings (SSSR count). The van der Waals surface area contributed by atoms with E-state index in [0.717, 1.165) is 4.31 Å². The first-order valence-electron chi connectivity index (χ1n) is 5.55. The van der Waals surface area contributed by atoms with Gasteiger partial charge in [-0.05, 0) is 6.92 Å². The van der Waals surface area contributed by atoms with Gasteiger partial charge in [-0.25, -0.2) is 14.3 Å². The fraction of sp³-hybridized carbons (Fsp3) is 0.500. The van der Waals surface area contributed by atoms with Crippen LogP contribution in [-0.4, -0.2) is 31.4 Å². The van der Waals surface area contributed by atoms with Gasteiger partial charge in [0, 0.05) is 31.8 Å². The minimum Gasteiger partial charge on any atom is -0.330 e. The first-order valence-corrected chi connectivity index (χ1v) is 6.92. The zero-order valence-corrected chi connectivity index (χ0v) is 11.8. The Hall–Kier alpha value is -1.74. The van der Waals surface area contributed by atoms with Crippen LogP contribution < -0.4 is 10.0 Å². The van der Waals surface area contributed by atoms with E-state index in [1.54, 1.807) is 6.92 Å². The van der Waals surface area contributed by atoms with E-state index in [9.17, 15) is 13.2 Å². The molecule has 0 radical (unpaired) electrons. The van der Waals surface area contributed by atoms with Gasteiger partial charge in [0.1, 0.15) is 5.82 Å². The summed E-state index contributed by atoms with van der Waals surface area (Å²) in [5.74, 6) is -0.359. The Balaban J connectivity index is 3.15. The highest BCUT2D eigenvalue weighted by molar-refractivity contribution is 7.88. The summed E-state index contributed by atoms with van der Waals surface area (Å²) in [4.78, 5) is 19.0. The van der Waals surface area contributed by atoms with Gasteiger partial charge in [-0.2, -0.15) is 8.42 Å². The molecule has 0 aromatic carbocycles. The summed E-state index contributed by atoms with van der Waals surface area (Å²) in [6, 6.07) is 0. The van der Waals surface area contributed by atoms with E-state index < -0.39 is 16.3 Å². The van der Waals surface area contributed by atoms with E-state index in [0.29, 0.717) is 11.4 Å². The predicted molar refractivity (Wildman–Crippen MR) is 68.4 cm³/mol. The van der Waals surface area contributed by atoms with Gasteiger partial charge >= 0.3 is 16.3 Å². The van der Waals surface area contributed by atoms with Crippen molar-refractivity contribution in [2.45, 2.75) is 26.8 Å². The van der Waals surface area contributed by atoms with Crippen molar-refractivity contribution in [3.63, 3.8) is 0 Å². The molecule has 1 aromatic rings. The van der Waals surface area contributed by atoms with Crippen molar-refractivity contribution in [3.8, 4) is 0 Å². The van der Waals surface area contributed by atoms with Gasteiger partial charge in [-0.15, -0.1) is 0 Å². The first kappa shape index (κ1) is 15.3. The molecule has 0 spiro atoms. The molecule has 1 aromatic heterocycles. The molecular weight excluding hydrogens is 272 g/mol. The van der Waals surface area contributed by atoms with Crippen molar-refractivity contribution in [2.24, 2.45) is 5.73 Å². The average molecular weight is 288 g/mol. The van der Waals surface area contributed by atoms with E-state index in [4.69, 9.17) is 5.73 Å². The van der Waals surface area contributed by atoms with E-state index in [2.05, 4.69) is 14.2 Å². The number of aromatic nitrogens is 2. The summed E-state index contributed by atoms with van der Waals surface area (Å²) >= 11 is 0.